The summed E-state index contributed by atoms with van der Waals surface area (Å²) in [5.41, 5.74) is 3.18. The Morgan fingerprint density at radius 3 is 1.99 bits per heavy atom. The first-order chi connectivity index (χ1) is 48.6. The Kier molecular flexibility index (Phi) is 29.3. The third kappa shape index (κ3) is 20.6. The fourth-order valence-electron chi connectivity index (χ4n) is 11.6. The number of amides is 7. The van der Waals surface area contributed by atoms with Crippen molar-refractivity contribution in [1.82, 2.24) is 46.5 Å². The largest absolute Gasteiger partial charge is 0.489 e. The maximum absolute atomic E-state index is 16.1. The topological polar surface area (TPSA) is 494 Å². The first-order valence-electron chi connectivity index (χ1n) is 32.8. The average Bonchev–Trinajstić information content (AvgIpc) is 1.26. The predicted molar refractivity (Wildman–Crippen MR) is 365 cm³/mol. The minimum Gasteiger partial charge on any atom is -0.489 e. The number of hydrogen-bond acceptors (Lipinski definition) is 22. The maximum atomic E-state index is 16.1. The van der Waals surface area contributed by atoms with Gasteiger partial charge in [-0.05, 0) is 78.3 Å². The van der Waals surface area contributed by atoms with Crippen molar-refractivity contribution in [2.45, 2.75) is 148 Å². The van der Waals surface area contributed by atoms with Gasteiger partial charge in [0, 0.05) is 38.2 Å². The number of hydrogen-bond donors (Lipinski definition) is 9. The molecule has 7 amide bonds. The van der Waals surface area contributed by atoms with Gasteiger partial charge in [-0.3, -0.25) is 73.8 Å². The number of anilines is 1. The number of methoxy groups -OCH3 is 1. The summed E-state index contributed by atoms with van der Waals surface area (Å²) < 4.78 is 17.0. The van der Waals surface area contributed by atoms with Gasteiger partial charge in [-0.2, -0.15) is 0 Å². The van der Waals surface area contributed by atoms with Crippen LogP contribution < -0.4 is 48.0 Å². The number of nitrogens with zero attached hydrogens (tertiary/aromatic N) is 7. The molecule has 35 nitrogen and oxygen atoms in total. The maximum Gasteiger partial charge on any atom is 0.415 e. The monoisotopic (exact) mass is 1420 g/mol. The van der Waals surface area contributed by atoms with Crippen LogP contribution in [-0.2, 0) is 78.7 Å². The Morgan fingerprint density at radius 2 is 1.43 bits per heavy atom. The number of esters is 1. The third-order valence-electron chi connectivity index (χ3n) is 17.4. The lowest BCUT2D eigenvalue weighted by Crippen LogP contribution is -2.68. The Morgan fingerprint density at radius 1 is 0.784 bits per heavy atom. The number of carbonyl (C=O) groups is 9. The van der Waals surface area contributed by atoms with Gasteiger partial charge in [0.15, 0.2) is 11.0 Å². The number of likely N-dealkylation sites (tertiary alicyclic amines) is 1. The molecule has 102 heavy (non-hydrogen) atoms. The molecule has 11 N–H and O–H groups in total. The second kappa shape index (κ2) is 37.6. The number of H-pyrrole nitrogens is 1. The first-order valence-corrected chi connectivity index (χ1v) is 32.8. The molecule has 9 atom stereocenters. The lowest BCUT2D eigenvalue weighted by Gasteiger charge is -2.39. The molecule has 0 radical (unpaired) electrons. The van der Waals surface area contributed by atoms with E-state index in [1.165, 1.54) is 26.4 Å². The summed E-state index contributed by atoms with van der Waals surface area (Å²) in [5.74, 6) is -6.94. The molecule has 1 saturated heterocycles. The highest BCUT2D eigenvalue weighted by Gasteiger charge is 2.53. The summed E-state index contributed by atoms with van der Waals surface area (Å²) >= 11 is 0. The predicted octanol–water partition coefficient (Wildman–Crippen LogP) is 4.14. The zero-order chi connectivity index (χ0) is 75.0. The summed E-state index contributed by atoms with van der Waals surface area (Å²) in [6.07, 6.45) is -0.532. The molecule has 1 aromatic heterocycles. The Labute approximate surface area is 586 Å². The summed E-state index contributed by atoms with van der Waals surface area (Å²) in [6, 6.07) is 16.1. The highest BCUT2D eigenvalue weighted by molar-refractivity contribution is 6.12. The number of ether oxygens (including phenoxy) is 3. The number of hydrazine groups is 1. The van der Waals surface area contributed by atoms with E-state index in [-0.39, 0.29) is 63.9 Å². The molecule has 5 aromatic rings. The Hall–Kier alpha value is -11.5. The van der Waals surface area contributed by atoms with Crippen LogP contribution in [0.5, 0.6) is 5.75 Å². The van der Waals surface area contributed by atoms with Crippen molar-refractivity contribution in [3.05, 3.63) is 168 Å². The van der Waals surface area contributed by atoms with E-state index in [1.54, 1.807) is 87.7 Å². The van der Waals surface area contributed by atoms with Crippen molar-refractivity contribution in [2.75, 3.05) is 31.7 Å². The molecule has 6 rings (SSSR count). The van der Waals surface area contributed by atoms with E-state index in [1.807, 2.05) is 30.3 Å². The van der Waals surface area contributed by atoms with Crippen LogP contribution in [-0.4, -0.2) is 162 Å². The van der Waals surface area contributed by atoms with Crippen molar-refractivity contribution in [2.24, 2.45) is 29.4 Å². The van der Waals surface area contributed by atoms with Gasteiger partial charge < -0.3 is 51.1 Å². The summed E-state index contributed by atoms with van der Waals surface area (Å²) in [5, 5.41) is 54.3. The van der Waals surface area contributed by atoms with Crippen LogP contribution in [0.25, 0.3) is 0 Å². The summed E-state index contributed by atoms with van der Waals surface area (Å²) in [6.45, 7) is 7.64. The molecular formula is C67H86N16O19. The summed E-state index contributed by atoms with van der Waals surface area (Å²) in [4.78, 5) is 185. The van der Waals surface area contributed by atoms with Gasteiger partial charge in [-0.15, -0.1) is 5.43 Å². The second-order valence-electron chi connectivity index (χ2n) is 24.6. The van der Waals surface area contributed by atoms with E-state index in [0.29, 0.717) is 26.7 Å². The zero-order valence-electron chi connectivity index (χ0n) is 57.4. The fraction of sp³-hybridized carbons (Fsp3) is 0.448. The smallest absolute Gasteiger partial charge is 0.415 e. The zero-order valence-corrected chi connectivity index (χ0v) is 57.4. The molecule has 1 aliphatic rings. The molecule has 4 aromatic carbocycles. The number of nitro groups is 3. The Balaban J connectivity index is 1.45. The van der Waals surface area contributed by atoms with Crippen LogP contribution in [0.3, 0.4) is 0 Å². The highest BCUT2D eigenvalue weighted by Crippen LogP contribution is 2.40. The molecule has 548 valence electrons. The molecule has 1 fully saturated rings. The third-order valence-corrected chi connectivity index (χ3v) is 17.4. The lowest BCUT2D eigenvalue weighted by atomic mass is 9.87. The molecule has 1 aliphatic heterocycles. The molecule has 0 unspecified atom stereocenters. The number of aromatic amines is 1. The minimum absolute atomic E-state index is 0.0377. The first kappa shape index (κ1) is 79.5. The van der Waals surface area contributed by atoms with Crippen molar-refractivity contribution >= 4 is 76.3 Å². The molecule has 2 heterocycles. The number of carbonyl (C=O) groups excluding carboxylic acids is 9. The molecule has 0 spiro atoms. The SMILES string of the molecule is CC[C@H](C)[C@H](NC(=O)[C@H](Cc1ccc(OCc2ccccc2)cc1)NC(=O)[C@@H](NC(=O)[C@](CCCNC(=N)N)(N[N+](=O)[O-])C(=O)CON)C(C)C)C(=O)N(C(=O)[C@@H]1CCCN1C(=O)[C@H](Cc1c[nH]cn1)N(C(=O)OCc1ccccc1)c1cccc([N+](=O)[O-])c1[N+](=O)[O-])[C@H](C(=O)OC)[C@@H](C)CC. The van der Waals surface area contributed by atoms with E-state index >= 15 is 19.2 Å². The van der Waals surface area contributed by atoms with Gasteiger partial charge in [0.25, 0.3) is 17.7 Å². The van der Waals surface area contributed by atoms with E-state index in [2.05, 4.69) is 36.1 Å². The number of rotatable bonds is 38. The van der Waals surface area contributed by atoms with Gasteiger partial charge >= 0.3 is 23.4 Å². The van der Waals surface area contributed by atoms with Gasteiger partial charge in [-0.25, -0.2) is 30.6 Å². The number of aromatic nitrogens is 2. The van der Waals surface area contributed by atoms with Crippen molar-refractivity contribution < 1.29 is 77.1 Å². The average molecular weight is 1420 g/mol. The van der Waals surface area contributed by atoms with Crippen LogP contribution in [0.15, 0.2) is 116 Å². The number of Topliss-reactive ketones (excluding diaryl/α,β-unsaturated/α-hetero) is 1. The van der Waals surface area contributed by atoms with Gasteiger partial charge in [0.1, 0.15) is 67.5 Å². The number of guanidine groups is 1. The van der Waals surface area contributed by atoms with Crippen molar-refractivity contribution in [3.63, 3.8) is 0 Å². The molecule has 0 saturated carbocycles. The van der Waals surface area contributed by atoms with Crippen LogP contribution in [0.2, 0.25) is 0 Å². The number of para-hydroxylation sites is 1. The van der Waals surface area contributed by atoms with Gasteiger partial charge in [0.05, 0.1) is 29.0 Å². The number of imide groups is 1. The van der Waals surface area contributed by atoms with E-state index in [9.17, 15) is 54.3 Å². The van der Waals surface area contributed by atoms with Crippen LogP contribution in [0.4, 0.5) is 21.9 Å². The molecule has 0 aliphatic carbocycles. The number of nitrogens with two attached hydrogens (primary N) is 2. The fourth-order valence-corrected chi connectivity index (χ4v) is 11.6. The Bertz CT molecular complexity index is 3780. The van der Waals surface area contributed by atoms with Crippen molar-refractivity contribution in [3.8, 4) is 5.75 Å². The molecule has 35 heteroatoms. The van der Waals surface area contributed by atoms with Gasteiger partial charge in [0.2, 0.25) is 29.0 Å². The van der Waals surface area contributed by atoms with Crippen LogP contribution in [0, 0.1) is 53.5 Å². The molecular weight excluding hydrogens is 1330 g/mol. The van der Waals surface area contributed by atoms with E-state index in [4.69, 9.17) is 31.3 Å². The van der Waals surface area contributed by atoms with Crippen LogP contribution in [0.1, 0.15) is 102 Å². The lowest BCUT2D eigenvalue weighted by molar-refractivity contribution is -0.553. The quantitative estimate of drug-likeness (QED) is 0.00510. The summed E-state index contributed by atoms with van der Waals surface area (Å²) in [7, 11) is 1.02. The van der Waals surface area contributed by atoms with Gasteiger partial charge in [-0.1, -0.05) is 133 Å². The van der Waals surface area contributed by atoms with Crippen LogP contribution >= 0.6 is 0 Å². The normalized spacial score (nSPS) is 15.2. The highest BCUT2D eigenvalue weighted by atomic mass is 16.7. The van der Waals surface area contributed by atoms with E-state index in [0.717, 1.165) is 35.8 Å². The minimum atomic E-state index is -2.77. The standard InChI is InChI=1S/C67H86N16O19/c1-8-41(5)55(75-58(85)48(33-43-26-28-47(29-27-43)100-36-44-19-12-10-13-20-44)74-59(86)54(40(3)4)76-64(91)67(77-83(97)98,53(84)38-102-70)30-18-31-72-65(68)69)62(89)80(56(42(6)9-2)63(90)99-7)61(88)51-25-17-32-78(51)60(87)52(34-46-35-71-39-73-46)79(66(92)101-37-45-21-14-11-15-22-45)49-23-16-24-50(81(93)94)57(49)82(95)96/h10-16,19-24,26-29,35,39-42,48,51-52,54-56,77H,8-9,17-18,25,30-34,36-38,70H2,1-7H3,(H,71,73)(H,74,86)(H,75,85)(H,76,91)(H4,68,69,72)/t41-,42-,48-,51-,52-,54-,55-,56-,67+/m0/s1. The second-order valence-corrected chi connectivity index (χ2v) is 24.6. The number of benzene rings is 4. The number of nitro benzene ring substituents is 2. The number of ketones is 1. The number of imidazole rings is 1. The molecule has 0 bridgehead atoms. The van der Waals surface area contributed by atoms with E-state index < -0.39 is 177 Å². The van der Waals surface area contributed by atoms with Crippen molar-refractivity contribution in [1.29, 1.82) is 5.41 Å². The number of nitrogens with one attached hydrogen (secondary N) is 7.